The van der Waals surface area contributed by atoms with Crippen molar-refractivity contribution >= 4 is 15.9 Å². The fourth-order valence-electron chi connectivity index (χ4n) is 3.06. The molecule has 0 bridgehead atoms. The van der Waals surface area contributed by atoms with Crippen molar-refractivity contribution in [2.24, 2.45) is 5.92 Å². The Morgan fingerprint density at radius 1 is 1.33 bits per heavy atom. The molecule has 1 fully saturated rings. The Morgan fingerprint density at radius 2 is 2.11 bits per heavy atom. The summed E-state index contributed by atoms with van der Waals surface area (Å²) in [6.07, 6.45) is 4.62. The highest BCUT2D eigenvalue weighted by molar-refractivity contribution is 7.88. The predicted octanol–water partition coefficient (Wildman–Crippen LogP) is 2.16. The highest BCUT2D eigenvalue weighted by Crippen LogP contribution is 2.28. The van der Waals surface area contributed by atoms with Crippen LogP contribution in [0.3, 0.4) is 0 Å². The maximum atomic E-state index is 12.5. The molecule has 0 radical (unpaired) electrons. The number of benzene rings is 1. The van der Waals surface area contributed by atoms with E-state index in [1.165, 1.54) is 10.6 Å². The molecule has 1 atom stereocenters. The molecule has 152 valence electrons. The van der Waals surface area contributed by atoms with Crippen LogP contribution >= 0.6 is 0 Å². The SMILES string of the molecule is CCCCOc1ccc(CNC(=O)[C@@H]2CCCN(S(C)(=O)=O)C2)cc1OC. The first-order valence-electron chi connectivity index (χ1n) is 9.37. The maximum absolute atomic E-state index is 12.5. The summed E-state index contributed by atoms with van der Waals surface area (Å²) in [5, 5.41) is 2.91. The van der Waals surface area contributed by atoms with Gasteiger partial charge in [-0.25, -0.2) is 12.7 Å². The standard InChI is InChI=1S/C19H30N2O5S/c1-4-5-11-26-17-9-8-15(12-18(17)25-2)13-20-19(22)16-7-6-10-21(14-16)27(3,23)24/h8-9,12,16H,4-7,10-11,13-14H2,1-3H3,(H,20,22)/t16-/m1/s1. The van der Waals surface area contributed by atoms with E-state index in [1.54, 1.807) is 7.11 Å². The van der Waals surface area contributed by atoms with Crippen molar-refractivity contribution in [1.29, 1.82) is 0 Å². The fourth-order valence-corrected chi connectivity index (χ4v) is 3.97. The summed E-state index contributed by atoms with van der Waals surface area (Å²) in [5.74, 6) is 0.897. The molecule has 0 aliphatic carbocycles. The predicted molar refractivity (Wildman–Crippen MR) is 104 cm³/mol. The average molecular weight is 399 g/mol. The van der Waals surface area contributed by atoms with E-state index in [1.807, 2.05) is 18.2 Å². The number of carbonyl (C=O) groups is 1. The molecule has 1 saturated heterocycles. The number of hydrogen-bond acceptors (Lipinski definition) is 5. The second kappa shape index (κ2) is 9.94. The number of amides is 1. The molecule has 27 heavy (non-hydrogen) atoms. The molecule has 0 unspecified atom stereocenters. The molecule has 0 spiro atoms. The van der Waals surface area contributed by atoms with Crippen LogP contribution in [0.2, 0.25) is 0 Å². The van der Waals surface area contributed by atoms with Crippen molar-refractivity contribution in [3.63, 3.8) is 0 Å². The van der Waals surface area contributed by atoms with Crippen LogP contribution in [0.25, 0.3) is 0 Å². The minimum Gasteiger partial charge on any atom is -0.493 e. The van der Waals surface area contributed by atoms with Crippen molar-refractivity contribution in [1.82, 2.24) is 9.62 Å². The third-order valence-electron chi connectivity index (χ3n) is 4.67. The number of unbranched alkanes of at least 4 members (excludes halogenated alkanes) is 1. The van der Waals surface area contributed by atoms with Gasteiger partial charge in [-0.05, 0) is 37.0 Å². The van der Waals surface area contributed by atoms with Crippen molar-refractivity contribution in [2.45, 2.75) is 39.2 Å². The Bertz CT molecular complexity index is 736. The topological polar surface area (TPSA) is 84.9 Å². The number of rotatable bonds is 9. The first-order valence-corrected chi connectivity index (χ1v) is 11.2. The smallest absolute Gasteiger partial charge is 0.224 e. The van der Waals surface area contributed by atoms with Crippen LogP contribution < -0.4 is 14.8 Å². The largest absolute Gasteiger partial charge is 0.493 e. The summed E-state index contributed by atoms with van der Waals surface area (Å²) in [4.78, 5) is 12.5. The van der Waals surface area contributed by atoms with Gasteiger partial charge in [0.05, 0.1) is 25.9 Å². The van der Waals surface area contributed by atoms with E-state index in [0.29, 0.717) is 44.0 Å². The maximum Gasteiger partial charge on any atom is 0.224 e. The normalized spacial score (nSPS) is 18.1. The summed E-state index contributed by atoms with van der Waals surface area (Å²) in [7, 11) is -1.67. The van der Waals surface area contributed by atoms with Crippen molar-refractivity contribution in [3.05, 3.63) is 23.8 Å². The van der Waals surface area contributed by atoms with E-state index in [0.717, 1.165) is 18.4 Å². The van der Waals surface area contributed by atoms with Gasteiger partial charge in [0.15, 0.2) is 11.5 Å². The van der Waals surface area contributed by atoms with Crippen LogP contribution in [0.1, 0.15) is 38.2 Å². The molecule has 1 aromatic carbocycles. The van der Waals surface area contributed by atoms with Crippen molar-refractivity contribution < 1.29 is 22.7 Å². The van der Waals surface area contributed by atoms with Gasteiger partial charge in [-0.1, -0.05) is 19.4 Å². The number of carbonyl (C=O) groups excluding carboxylic acids is 1. The van der Waals surface area contributed by atoms with E-state index in [2.05, 4.69) is 12.2 Å². The van der Waals surface area contributed by atoms with Crippen LogP contribution in [0, 0.1) is 5.92 Å². The number of sulfonamides is 1. The Morgan fingerprint density at radius 3 is 2.78 bits per heavy atom. The number of methoxy groups -OCH3 is 1. The molecule has 7 nitrogen and oxygen atoms in total. The zero-order valence-corrected chi connectivity index (χ0v) is 17.2. The van der Waals surface area contributed by atoms with Gasteiger partial charge in [0.1, 0.15) is 0 Å². The van der Waals surface area contributed by atoms with Gasteiger partial charge >= 0.3 is 0 Å². The Labute approximate surface area is 162 Å². The van der Waals surface area contributed by atoms with E-state index < -0.39 is 10.0 Å². The van der Waals surface area contributed by atoms with Gasteiger partial charge in [0, 0.05) is 19.6 Å². The highest BCUT2D eigenvalue weighted by atomic mass is 32.2. The summed E-state index contributed by atoms with van der Waals surface area (Å²) >= 11 is 0. The molecule has 2 rings (SSSR count). The molecule has 0 aromatic heterocycles. The minimum atomic E-state index is -3.26. The molecule has 8 heteroatoms. The lowest BCUT2D eigenvalue weighted by Gasteiger charge is -2.30. The van der Waals surface area contributed by atoms with Gasteiger partial charge in [-0.2, -0.15) is 0 Å². The van der Waals surface area contributed by atoms with Gasteiger partial charge in [-0.15, -0.1) is 0 Å². The zero-order chi connectivity index (χ0) is 19.9. The zero-order valence-electron chi connectivity index (χ0n) is 16.4. The van der Waals surface area contributed by atoms with Gasteiger partial charge in [0.2, 0.25) is 15.9 Å². The molecular weight excluding hydrogens is 368 g/mol. The Hall–Kier alpha value is -1.80. The lowest BCUT2D eigenvalue weighted by atomic mass is 9.98. The average Bonchev–Trinajstić information content (AvgIpc) is 2.66. The number of piperidine rings is 1. The number of nitrogens with zero attached hydrogens (tertiary/aromatic N) is 1. The lowest BCUT2D eigenvalue weighted by molar-refractivity contribution is -0.126. The summed E-state index contributed by atoms with van der Waals surface area (Å²) in [5.41, 5.74) is 0.902. The quantitative estimate of drug-likeness (QED) is 0.645. The Balaban J connectivity index is 1.92. The molecule has 1 amide bonds. The molecule has 1 N–H and O–H groups in total. The molecule has 1 aliphatic rings. The summed E-state index contributed by atoms with van der Waals surface area (Å²) in [6.45, 7) is 3.84. The number of hydrogen-bond donors (Lipinski definition) is 1. The van der Waals surface area contributed by atoms with Crippen LogP contribution in [-0.4, -0.2) is 51.7 Å². The first kappa shape index (κ1) is 21.5. The van der Waals surface area contributed by atoms with E-state index in [4.69, 9.17) is 9.47 Å². The Kier molecular flexibility index (Phi) is 7.91. The third kappa shape index (κ3) is 6.39. The first-order chi connectivity index (χ1) is 12.8. The lowest BCUT2D eigenvalue weighted by Crippen LogP contribution is -2.44. The highest BCUT2D eigenvalue weighted by Gasteiger charge is 2.29. The third-order valence-corrected chi connectivity index (χ3v) is 5.94. The second-order valence-corrected chi connectivity index (χ2v) is 8.85. The van der Waals surface area contributed by atoms with Crippen LogP contribution in [0.15, 0.2) is 18.2 Å². The second-order valence-electron chi connectivity index (χ2n) is 6.87. The molecular formula is C19H30N2O5S. The van der Waals surface area contributed by atoms with Gasteiger partial charge < -0.3 is 14.8 Å². The van der Waals surface area contributed by atoms with Gasteiger partial charge in [0.25, 0.3) is 0 Å². The molecule has 1 aliphatic heterocycles. The summed E-state index contributed by atoms with van der Waals surface area (Å²) < 4.78 is 35.9. The number of ether oxygens (including phenoxy) is 2. The van der Waals surface area contributed by atoms with E-state index in [9.17, 15) is 13.2 Å². The fraction of sp³-hybridized carbons (Fsp3) is 0.632. The minimum absolute atomic E-state index is 0.120. The summed E-state index contributed by atoms with van der Waals surface area (Å²) in [6, 6.07) is 5.60. The van der Waals surface area contributed by atoms with E-state index in [-0.39, 0.29) is 18.4 Å². The molecule has 0 saturated carbocycles. The molecule has 1 aromatic rings. The van der Waals surface area contributed by atoms with Crippen LogP contribution in [0.5, 0.6) is 11.5 Å². The molecule has 1 heterocycles. The number of nitrogens with one attached hydrogen (secondary N) is 1. The van der Waals surface area contributed by atoms with Gasteiger partial charge in [-0.3, -0.25) is 4.79 Å². The monoisotopic (exact) mass is 398 g/mol. The van der Waals surface area contributed by atoms with Crippen molar-refractivity contribution in [2.75, 3.05) is 33.1 Å². The van der Waals surface area contributed by atoms with Crippen LogP contribution in [0.4, 0.5) is 0 Å². The van der Waals surface area contributed by atoms with Crippen LogP contribution in [-0.2, 0) is 21.4 Å². The van der Waals surface area contributed by atoms with E-state index >= 15 is 0 Å². The van der Waals surface area contributed by atoms with Crippen molar-refractivity contribution in [3.8, 4) is 11.5 Å².